The minimum absolute atomic E-state index is 0.0236. The maximum Gasteiger partial charge on any atom is 0.268 e. The first-order valence-corrected chi connectivity index (χ1v) is 17.3. The van der Waals surface area contributed by atoms with E-state index in [1.54, 1.807) is 19.6 Å². The third kappa shape index (κ3) is 7.68. The van der Waals surface area contributed by atoms with Gasteiger partial charge in [-0.15, -0.1) is 0 Å². The average molecular weight is 590 g/mol. The number of carbonyl (C=O) groups is 2. The van der Waals surface area contributed by atoms with Crippen LogP contribution in [0.2, 0.25) is 18.1 Å². The lowest BCUT2D eigenvalue weighted by molar-refractivity contribution is -0.116. The van der Waals surface area contributed by atoms with Crippen molar-refractivity contribution >= 4 is 36.7 Å². The maximum absolute atomic E-state index is 12.7. The van der Waals surface area contributed by atoms with Gasteiger partial charge in [0.15, 0.2) is 8.32 Å². The molecule has 0 unspecified atom stereocenters. The molecule has 42 heavy (non-hydrogen) atoms. The summed E-state index contributed by atoms with van der Waals surface area (Å²) in [5.74, 6) is 0.226. The van der Waals surface area contributed by atoms with Gasteiger partial charge in [0.25, 0.3) is 5.91 Å². The largest absolute Gasteiger partial charge is 0.497 e. The highest BCUT2D eigenvalue weighted by Crippen LogP contribution is 2.39. The number of carbonyl (C=O) groups excluding carboxylic acids is 2. The van der Waals surface area contributed by atoms with Crippen LogP contribution in [0.4, 0.5) is 5.69 Å². The highest BCUT2D eigenvalue weighted by Gasteiger charge is 2.39. The zero-order chi connectivity index (χ0) is 30.5. The second-order valence-electron chi connectivity index (χ2n) is 12.2. The molecule has 2 heterocycles. The molecule has 0 saturated carbocycles. The summed E-state index contributed by atoms with van der Waals surface area (Å²) in [7, 11) is -0.463. The van der Waals surface area contributed by atoms with Crippen LogP contribution in [0.15, 0.2) is 67.3 Å². The molecule has 0 aliphatic rings. The van der Waals surface area contributed by atoms with E-state index in [1.165, 1.54) is 0 Å². The second-order valence-corrected chi connectivity index (χ2v) is 17.0. The molecule has 0 radical (unpaired) electrons. The Morgan fingerprint density at radius 1 is 1.10 bits per heavy atom. The first kappa shape index (κ1) is 31.1. The average Bonchev–Trinajstić information content (AvgIpc) is 3.59. The number of primary amides is 1. The molecule has 0 bridgehead atoms. The molecule has 4 rings (SSSR count). The molecule has 0 aliphatic heterocycles. The normalized spacial score (nSPS) is 12.8. The van der Waals surface area contributed by atoms with Crippen LogP contribution in [0.1, 0.15) is 62.3 Å². The van der Waals surface area contributed by atoms with Gasteiger partial charge in [0, 0.05) is 31.0 Å². The number of methoxy groups -OCH3 is 1. The quantitative estimate of drug-likeness (QED) is 0.172. The number of nitrogens with one attached hydrogen (secondary N) is 1. The van der Waals surface area contributed by atoms with Gasteiger partial charge in [0.2, 0.25) is 5.91 Å². The van der Waals surface area contributed by atoms with Gasteiger partial charge in [-0.05, 0) is 78.7 Å². The van der Waals surface area contributed by atoms with E-state index in [0.29, 0.717) is 12.8 Å². The van der Waals surface area contributed by atoms with Crippen molar-refractivity contribution in [2.24, 2.45) is 5.73 Å². The van der Waals surface area contributed by atoms with Gasteiger partial charge in [-0.25, -0.2) is 4.98 Å². The Labute approximate surface area is 249 Å². The lowest BCUT2D eigenvalue weighted by atomic mass is 10.1. The highest BCUT2D eigenvalue weighted by atomic mass is 28.4. The van der Waals surface area contributed by atoms with Crippen molar-refractivity contribution in [2.45, 2.75) is 77.4 Å². The third-order valence-electron chi connectivity index (χ3n) is 8.13. The summed E-state index contributed by atoms with van der Waals surface area (Å²) in [5, 5.41) is 4.19. The number of nitrogens with two attached hydrogens (primary N) is 1. The summed E-state index contributed by atoms with van der Waals surface area (Å²) >= 11 is 0. The number of benzene rings is 2. The fourth-order valence-corrected chi connectivity index (χ4v) is 5.85. The number of rotatable bonds is 13. The summed E-state index contributed by atoms with van der Waals surface area (Å²) in [5.41, 5.74) is 8.61. The van der Waals surface area contributed by atoms with Crippen LogP contribution in [0.25, 0.3) is 10.9 Å². The summed E-state index contributed by atoms with van der Waals surface area (Å²) in [6.07, 6.45) is 7.76. The van der Waals surface area contributed by atoms with Crippen molar-refractivity contribution in [3.05, 3.63) is 78.5 Å². The van der Waals surface area contributed by atoms with Crippen molar-refractivity contribution in [3.63, 3.8) is 0 Å². The Hall–Kier alpha value is -3.89. The number of anilines is 1. The minimum Gasteiger partial charge on any atom is -0.497 e. The Kier molecular flexibility index (Phi) is 9.58. The van der Waals surface area contributed by atoms with Crippen molar-refractivity contribution in [2.75, 3.05) is 12.4 Å². The standard InChI is InChI=1S/C32H43N5O4Si/c1-32(2,3)42(5,6)41-30(37-21-27(31(33)39)34-22-37)8-7-18-36-19-17-24-12-13-25(20-28(24)36)35-29(38)16-11-23-9-14-26(40-4)15-10-23/h9-10,12-15,17,19-22,30H,7-8,11,16,18H2,1-6H3,(H2,33,39)(H,35,38)/t30-/m1/s1. The van der Waals surface area contributed by atoms with Gasteiger partial charge >= 0.3 is 0 Å². The summed E-state index contributed by atoms with van der Waals surface area (Å²) < 4.78 is 16.0. The van der Waals surface area contributed by atoms with Crippen LogP contribution < -0.4 is 15.8 Å². The number of hydrogen-bond acceptors (Lipinski definition) is 5. The Balaban J connectivity index is 1.40. The molecule has 0 aliphatic carbocycles. The Morgan fingerprint density at radius 2 is 1.83 bits per heavy atom. The molecular weight excluding hydrogens is 546 g/mol. The van der Waals surface area contributed by atoms with Gasteiger partial charge < -0.3 is 29.3 Å². The van der Waals surface area contributed by atoms with Gasteiger partial charge in [-0.3, -0.25) is 9.59 Å². The first-order valence-electron chi connectivity index (χ1n) is 14.4. The molecule has 4 aromatic rings. The Morgan fingerprint density at radius 3 is 2.48 bits per heavy atom. The topological polar surface area (TPSA) is 113 Å². The SMILES string of the molecule is COc1ccc(CCC(=O)Nc2ccc3ccn(CCC[C@@H](O[Si](C)(C)C(C)(C)C)n4cnc(C(N)=O)c4)c3c2)cc1. The fourth-order valence-electron chi connectivity index (χ4n) is 4.57. The van der Waals surface area contributed by atoms with E-state index >= 15 is 0 Å². The smallest absolute Gasteiger partial charge is 0.268 e. The molecular formula is C32H43N5O4Si. The third-order valence-corrected chi connectivity index (χ3v) is 12.6. The maximum atomic E-state index is 12.7. The van der Waals surface area contributed by atoms with Crippen LogP contribution in [0.3, 0.4) is 0 Å². The van der Waals surface area contributed by atoms with Gasteiger partial charge in [0.1, 0.15) is 17.7 Å². The van der Waals surface area contributed by atoms with E-state index in [0.717, 1.165) is 47.3 Å². The number of imidazole rings is 1. The number of ether oxygens (including phenoxy) is 1. The number of hydrogen-bond donors (Lipinski definition) is 2. The van der Waals surface area contributed by atoms with Crippen LogP contribution in [-0.4, -0.2) is 41.4 Å². The molecule has 9 nitrogen and oxygen atoms in total. The van der Waals surface area contributed by atoms with E-state index in [2.05, 4.69) is 61.0 Å². The van der Waals surface area contributed by atoms with Crippen LogP contribution in [-0.2, 0) is 22.2 Å². The monoisotopic (exact) mass is 589 g/mol. The van der Waals surface area contributed by atoms with E-state index < -0.39 is 14.2 Å². The van der Waals surface area contributed by atoms with Gasteiger partial charge in [-0.2, -0.15) is 0 Å². The van der Waals surface area contributed by atoms with Crippen molar-refractivity contribution in [3.8, 4) is 5.75 Å². The highest BCUT2D eigenvalue weighted by molar-refractivity contribution is 6.74. The number of amides is 2. The van der Waals surface area contributed by atoms with Crippen LogP contribution in [0.5, 0.6) is 5.75 Å². The van der Waals surface area contributed by atoms with Crippen molar-refractivity contribution in [1.29, 1.82) is 0 Å². The summed E-state index contributed by atoms with van der Waals surface area (Å²) in [6.45, 7) is 11.8. The molecule has 2 aromatic carbocycles. The first-order chi connectivity index (χ1) is 19.9. The van der Waals surface area contributed by atoms with Crippen LogP contribution in [0, 0.1) is 0 Å². The summed E-state index contributed by atoms with van der Waals surface area (Å²) in [6, 6.07) is 15.9. The van der Waals surface area contributed by atoms with E-state index in [9.17, 15) is 9.59 Å². The molecule has 2 amide bonds. The van der Waals surface area contributed by atoms with Crippen molar-refractivity contribution < 1.29 is 18.8 Å². The lowest BCUT2D eigenvalue weighted by Gasteiger charge is -2.39. The predicted octanol–water partition coefficient (Wildman–Crippen LogP) is 6.52. The van der Waals surface area contributed by atoms with Crippen molar-refractivity contribution in [1.82, 2.24) is 14.1 Å². The van der Waals surface area contributed by atoms with Crippen LogP contribution >= 0.6 is 0 Å². The number of aryl methyl sites for hydroxylation is 2. The number of nitrogens with zero attached hydrogens (tertiary/aromatic N) is 3. The number of fused-ring (bicyclic) bond motifs is 1. The molecule has 1 atom stereocenters. The molecule has 0 fully saturated rings. The zero-order valence-electron chi connectivity index (χ0n) is 25.5. The van der Waals surface area contributed by atoms with E-state index in [1.807, 2.05) is 47.0 Å². The molecule has 224 valence electrons. The number of aromatic nitrogens is 3. The Bertz CT molecular complexity index is 1520. The van der Waals surface area contributed by atoms with Gasteiger partial charge in [-0.1, -0.05) is 39.0 Å². The van der Waals surface area contributed by atoms with E-state index in [4.69, 9.17) is 14.9 Å². The van der Waals surface area contributed by atoms with E-state index in [-0.39, 0.29) is 22.9 Å². The lowest BCUT2D eigenvalue weighted by Crippen LogP contribution is -2.42. The predicted molar refractivity (Wildman–Crippen MR) is 169 cm³/mol. The fraction of sp³-hybridized carbons (Fsp3) is 0.406. The molecule has 0 saturated heterocycles. The van der Waals surface area contributed by atoms with Gasteiger partial charge in [0.05, 0.1) is 19.0 Å². The minimum atomic E-state index is -2.10. The zero-order valence-corrected chi connectivity index (χ0v) is 26.5. The summed E-state index contributed by atoms with van der Waals surface area (Å²) in [4.78, 5) is 28.5. The molecule has 0 spiro atoms. The molecule has 10 heteroatoms. The second kappa shape index (κ2) is 13.0. The molecule has 3 N–H and O–H groups in total. The molecule has 2 aromatic heterocycles.